The summed E-state index contributed by atoms with van der Waals surface area (Å²) in [6, 6.07) is 14.8. The van der Waals surface area contributed by atoms with Gasteiger partial charge in [-0.15, -0.1) is 15.3 Å². The number of hydrogen-bond donors (Lipinski definition) is 1. The standard InChI is InChI=1S/C22H23N5O6S/c1-30-16-5-7-17(8-6-16)34(28,29)23-12-13-33-21-11-10-20-24-25-22(27(20)26-21)15-4-9-18(31-2)19(14-15)32-3/h4-11,14,23H,12-13H2,1-3H3. The topological polar surface area (TPSA) is 126 Å². The third kappa shape index (κ3) is 4.87. The number of benzene rings is 2. The van der Waals surface area contributed by atoms with E-state index in [0.717, 1.165) is 5.56 Å². The lowest BCUT2D eigenvalue weighted by molar-refractivity contribution is 0.306. The number of nitrogens with one attached hydrogen (secondary N) is 1. The minimum Gasteiger partial charge on any atom is -0.497 e. The van der Waals surface area contributed by atoms with Crippen molar-refractivity contribution in [2.75, 3.05) is 34.5 Å². The van der Waals surface area contributed by atoms with Crippen LogP contribution in [0.4, 0.5) is 0 Å². The molecule has 12 heteroatoms. The van der Waals surface area contributed by atoms with Crippen LogP contribution in [0, 0.1) is 0 Å². The van der Waals surface area contributed by atoms with Gasteiger partial charge in [-0.2, -0.15) is 4.52 Å². The molecule has 4 aromatic rings. The van der Waals surface area contributed by atoms with E-state index in [2.05, 4.69) is 20.0 Å². The highest BCUT2D eigenvalue weighted by molar-refractivity contribution is 7.89. The molecule has 0 spiro atoms. The number of methoxy groups -OCH3 is 3. The molecule has 178 valence electrons. The van der Waals surface area contributed by atoms with Gasteiger partial charge >= 0.3 is 0 Å². The normalized spacial score (nSPS) is 11.4. The number of nitrogens with zero attached hydrogens (tertiary/aromatic N) is 4. The van der Waals surface area contributed by atoms with Crippen molar-refractivity contribution < 1.29 is 27.4 Å². The minimum absolute atomic E-state index is 0.0544. The SMILES string of the molecule is COc1ccc(S(=O)(=O)NCCOc2ccc3nnc(-c4ccc(OC)c(OC)c4)n3n2)cc1. The van der Waals surface area contributed by atoms with Gasteiger partial charge in [-0.1, -0.05) is 0 Å². The molecule has 11 nitrogen and oxygen atoms in total. The summed E-state index contributed by atoms with van der Waals surface area (Å²) in [5, 5.41) is 12.8. The summed E-state index contributed by atoms with van der Waals surface area (Å²) in [6.45, 7) is 0.125. The molecule has 0 fully saturated rings. The van der Waals surface area contributed by atoms with Crippen molar-refractivity contribution in [3.8, 4) is 34.5 Å². The van der Waals surface area contributed by atoms with Gasteiger partial charge in [0.25, 0.3) is 0 Å². The number of sulfonamides is 1. The van der Waals surface area contributed by atoms with Gasteiger partial charge < -0.3 is 18.9 Å². The van der Waals surface area contributed by atoms with Crippen LogP contribution in [-0.2, 0) is 10.0 Å². The molecule has 0 bridgehead atoms. The van der Waals surface area contributed by atoms with Crippen LogP contribution < -0.4 is 23.7 Å². The molecule has 0 radical (unpaired) electrons. The van der Waals surface area contributed by atoms with Crippen molar-refractivity contribution in [1.29, 1.82) is 0 Å². The zero-order valence-electron chi connectivity index (χ0n) is 18.8. The highest BCUT2D eigenvalue weighted by Gasteiger charge is 2.15. The van der Waals surface area contributed by atoms with E-state index in [1.165, 1.54) is 23.8 Å². The first-order valence-corrected chi connectivity index (χ1v) is 11.6. The zero-order valence-corrected chi connectivity index (χ0v) is 19.6. The third-order valence-corrected chi connectivity index (χ3v) is 6.37. The van der Waals surface area contributed by atoms with Gasteiger partial charge in [-0.25, -0.2) is 13.1 Å². The van der Waals surface area contributed by atoms with Gasteiger partial charge in [-0.3, -0.25) is 0 Å². The summed E-state index contributed by atoms with van der Waals surface area (Å²) in [6.07, 6.45) is 0. The maximum atomic E-state index is 12.4. The van der Waals surface area contributed by atoms with Crippen molar-refractivity contribution in [3.63, 3.8) is 0 Å². The Balaban J connectivity index is 1.44. The molecule has 4 rings (SSSR count). The van der Waals surface area contributed by atoms with Gasteiger partial charge in [0.1, 0.15) is 12.4 Å². The Hall–Kier alpha value is -3.90. The molecule has 34 heavy (non-hydrogen) atoms. The highest BCUT2D eigenvalue weighted by Crippen LogP contribution is 2.31. The summed E-state index contributed by atoms with van der Waals surface area (Å²) in [7, 11) is 0.955. The van der Waals surface area contributed by atoms with Crippen LogP contribution in [0.15, 0.2) is 59.5 Å². The average molecular weight is 486 g/mol. The predicted octanol–water partition coefficient (Wildman–Crippen LogP) is 2.17. The summed E-state index contributed by atoms with van der Waals surface area (Å²) < 4.78 is 50.2. The molecule has 0 unspecified atom stereocenters. The maximum Gasteiger partial charge on any atom is 0.240 e. The smallest absolute Gasteiger partial charge is 0.240 e. The van der Waals surface area contributed by atoms with Crippen molar-refractivity contribution >= 4 is 15.7 Å². The molecule has 0 aliphatic carbocycles. The lowest BCUT2D eigenvalue weighted by atomic mass is 10.2. The summed E-state index contributed by atoms with van der Waals surface area (Å²) in [5.41, 5.74) is 1.25. The van der Waals surface area contributed by atoms with Crippen LogP contribution in [0.25, 0.3) is 17.0 Å². The molecule has 2 heterocycles. The maximum absolute atomic E-state index is 12.4. The lowest BCUT2D eigenvalue weighted by Crippen LogP contribution is -2.28. The monoisotopic (exact) mass is 485 g/mol. The minimum atomic E-state index is -3.67. The first-order chi connectivity index (χ1) is 16.4. The van der Waals surface area contributed by atoms with Crippen molar-refractivity contribution in [1.82, 2.24) is 24.5 Å². The van der Waals surface area contributed by atoms with E-state index in [0.29, 0.717) is 28.7 Å². The Morgan fingerprint density at radius 1 is 0.882 bits per heavy atom. The number of rotatable bonds is 10. The third-order valence-electron chi connectivity index (χ3n) is 4.89. The number of hydrogen-bond acceptors (Lipinski definition) is 9. The molecule has 0 saturated heterocycles. The average Bonchev–Trinajstić information content (AvgIpc) is 3.29. The van der Waals surface area contributed by atoms with E-state index in [9.17, 15) is 8.42 Å². The Morgan fingerprint density at radius 3 is 2.35 bits per heavy atom. The fraction of sp³-hybridized carbons (Fsp3) is 0.227. The van der Waals surface area contributed by atoms with Crippen LogP contribution in [-0.4, -0.2) is 62.7 Å². The molecule has 1 N–H and O–H groups in total. The van der Waals surface area contributed by atoms with Crippen molar-refractivity contribution in [2.24, 2.45) is 0 Å². The van der Waals surface area contributed by atoms with Crippen molar-refractivity contribution in [2.45, 2.75) is 4.90 Å². The van der Waals surface area contributed by atoms with E-state index in [1.54, 1.807) is 50.6 Å². The van der Waals surface area contributed by atoms with Crippen LogP contribution in [0.5, 0.6) is 23.1 Å². The Bertz CT molecular complexity index is 1390. The number of aromatic nitrogens is 4. The van der Waals surface area contributed by atoms with Gasteiger partial charge in [0.05, 0.1) is 26.2 Å². The van der Waals surface area contributed by atoms with E-state index in [-0.39, 0.29) is 23.9 Å². The first-order valence-electron chi connectivity index (χ1n) is 10.2. The van der Waals surface area contributed by atoms with Crippen LogP contribution in [0.3, 0.4) is 0 Å². The van der Waals surface area contributed by atoms with E-state index in [4.69, 9.17) is 18.9 Å². The Kier molecular flexibility index (Phi) is 6.80. The molecule has 0 atom stereocenters. The first kappa shape index (κ1) is 23.3. The second-order valence-corrected chi connectivity index (χ2v) is 8.72. The van der Waals surface area contributed by atoms with Crippen LogP contribution >= 0.6 is 0 Å². The van der Waals surface area contributed by atoms with E-state index >= 15 is 0 Å². The number of fused-ring (bicyclic) bond motifs is 1. The molecular weight excluding hydrogens is 462 g/mol. The quantitative estimate of drug-likeness (QED) is 0.336. The number of ether oxygens (including phenoxy) is 4. The van der Waals surface area contributed by atoms with Gasteiger partial charge in [-0.05, 0) is 48.5 Å². The van der Waals surface area contributed by atoms with Crippen LogP contribution in [0.2, 0.25) is 0 Å². The van der Waals surface area contributed by atoms with Gasteiger partial charge in [0.15, 0.2) is 23.0 Å². The summed E-state index contributed by atoms with van der Waals surface area (Å²) in [5.74, 6) is 2.49. The second-order valence-electron chi connectivity index (χ2n) is 6.96. The largest absolute Gasteiger partial charge is 0.497 e. The predicted molar refractivity (Wildman–Crippen MR) is 123 cm³/mol. The molecular formula is C22H23N5O6S. The summed E-state index contributed by atoms with van der Waals surface area (Å²) >= 11 is 0. The van der Waals surface area contributed by atoms with Gasteiger partial charge in [0.2, 0.25) is 15.9 Å². The molecule has 2 aromatic carbocycles. The van der Waals surface area contributed by atoms with Crippen molar-refractivity contribution in [3.05, 3.63) is 54.6 Å². The Morgan fingerprint density at radius 2 is 1.65 bits per heavy atom. The van der Waals surface area contributed by atoms with Crippen LogP contribution in [0.1, 0.15) is 0 Å². The molecule has 0 aliphatic heterocycles. The fourth-order valence-corrected chi connectivity index (χ4v) is 4.19. The molecule has 0 amide bonds. The Labute approximate surface area is 196 Å². The van der Waals surface area contributed by atoms with Gasteiger partial charge in [0, 0.05) is 18.2 Å². The van der Waals surface area contributed by atoms with E-state index in [1.807, 2.05) is 6.07 Å². The highest BCUT2D eigenvalue weighted by atomic mass is 32.2. The molecule has 2 aromatic heterocycles. The fourth-order valence-electron chi connectivity index (χ4n) is 3.17. The molecule has 0 aliphatic rings. The second kappa shape index (κ2) is 9.93. The van der Waals surface area contributed by atoms with E-state index < -0.39 is 10.0 Å². The molecule has 0 saturated carbocycles. The summed E-state index contributed by atoms with van der Waals surface area (Å²) in [4.78, 5) is 0.136. The zero-order chi connectivity index (χ0) is 24.1. The lowest BCUT2D eigenvalue weighted by Gasteiger charge is -2.10.